The second-order valence-corrected chi connectivity index (χ2v) is 6.95. The number of rotatable bonds is 10. The van der Waals surface area contributed by atoms with Crippen LogP contribution in [0.3, 0.4) is 0 Å². The van der Waals surface area contributed by atoms with Crippen LogP contribution >= 0.6 is 0 Å². The Hall–Kier alpha value is -3.39. The van der Waals surface area contributed by atoms with Crippen molar-refractivity contribution in [1.29, 1.82) is 0 Å². The molecule has 0 saturated heterocycles. The minimum Gasteiger partial charge on any atom is -0.383 e. The van der Waals surface area contributed by atoms with Gasteiger partial charge in [0.05, 0.1) is 13.2 Å². The summed E-state index contributed by atoms with van der Waals surface area (Å²) in [6, 6.07) is 13.8. The Kier molecular flexibility index (Phi) is 8.83. The van der Waals surface area contributed by atoms with Crippen LogP contribution < -0.4 is 21.3 Å². The summed E-state index contributed by atoms with van der Waals surface area (Å²) >= 11 is 0. The first-order chi connectivity index (χ1) is 14.4. The molecule has 8 heteroatoms. The Morgan fingerprint density at radius 3 is 2.23 bits per heavy atom. The molecule has 2 aromatic rings. The van der Waals surface area contributed by atoms with E-state index in [4.69, 9.17) is 4.74 Å². The summed E-state index contributed by atoms with van der Waals surface area (Å²) < 4.78 is 4.90. The van der Waals surface area contributed by atoms with Crippen molar-refractivity contribution in [3.63, 3.8) is 0 Å². The van der Waals surface area contributed by atoms with Crippen molar-refractivity contribution in [2.45, 2.75) is 13.8 Å². The van der Waals surface area contributed by atoms with Gasteiger partial charge in [0.25, 0.3) is 5.91 Å². The van der Waals surface area contributed by atoms with Crippen molar-refractivity contribution in [2.75, 3.05) is 42.8 Å². The number of hydrogen-bond donors (Lipinski definition) is 4. The van der Waals surface area contributed by atoms with Crippen molar-refractivity contribution in [3.8, 4) is 0 Å². The summed E-state index contributed by atoms with van der Waals surface area (Å²) in [5.74, 6) is -0.629. The molecule has 30 heavy (non-hydrogen) atoms. The van der Waals surface area contributed by atoms with E-state index in [1.54, 1.807) is 55.6 Å². The molecule has 0 fully saturated rings. The van der Waals surface area contributed by atoms with Crippen LogP contribution in [0.25, 0.3) is 0 Å². The van der Waals surface area contributed by atoms with E-state index in [0.29, 0.717) is 30.1 Å². The molecule has 0 aliphatic carbocycles. The van der Waals surface area contributed by atoms with Gasteiger partial charge in [-0.3, -0.25) is 14.4 Å². The summed E-state index contributed by atoms with van der Waals surface area (Å²) in [6.07, 6.45) is 0. The van der Waals surface area contributed by atoms with Gasteiger partial charge in [-0.15, -0.1) is 0 Å². The Balaban J connectivity index is 1.83. The summed E-state index contributed by atoms with van der Waals surface area (Å²) in [5, 5.41) is 11.3. The first-order valence-electron chi connectivity index (χ1n) is 9.71. The van der Waals surface area contributed by atoms with Crippen molar-refractivity contribution in [1.82, 2.24) is 5.32 Å². The molecule has 2 aromatic carbocycles. The van der Waals surface area contributed by atoms with E-state index in [1.807, 2.05) is 13.8 Å². The summed E-state index contributed by atoms with van der Waals surface area (Å²) in [4.78, 5) is 36.0. The van der Waals surface area contributed by atoms with Crippen LogP contribution in [0.15, 0.2) is 48.5 Å². The smallest absolute Gasteiger partial charge is 0.251 e. The molecule has 0 saturated carbocycles. The summed E-state index contributed by atoms with van der Waals surface area (Å²) in [6.45, 7) is 4.58. The van der Waals surface area contributed by atoms with E-state index in [-0.39, 0.29) is 30.2 Å². The third-order valence-corrected chi connectivity index (χ3v) is 4.13. The Bertz CT molecular complexity index is 866. The lowest BCUT2D eigenvalue weighted by atomic mass is 10.2. The zero-order valence-electron chi connectivity index (χ0n) is 17.5. The van der Waals surface area contributed by atoms with Gasteiger partial charge in [-0.25, -0.2) is 0 Å². The fourth-order valence-corrected chi connectivity index (χ4v) is 2.46. The predicted molar refractivity (Wildman–Crippen MR) is 118 cm³/mol. The fourth-order valence-electron chi connectivity index (χ4n) is 2.46. The first-order valence-corrected chi connectivity index (χ1v) is 9.71. The fraction of sp³-hybridized carbons (Fsp3) is 0.318. The van der Waals surface area contributed by atoms with E-state index in [9.17, 15) is 14.4 Å². The molecule has 4 N–H and O–H groups in total. The van der Waals surface area contributed by atoms with E-state index < -0.39 is 0 Å². The lowest BCUT2D eigenvalue weighted by molar-refractivity contribution is -0.119. The molecule has 0 aliphatic heterocycles. The van der Waals surface area contributed by atoms with Crippen LogP contribution in [0.4, 0.5) is 17.1 Å². The lowest BCUT2D eigenvalue weighted by Crippen LogP contribution is -2.26. The van der Waals surface area contributed by atoms with Crippen molar-refractivity contribution >= 4 is 34.8 Å². The zero-order valence-corrected chi connectivity index (χ0v) is 17.5. The van der Waals surface area contributed by atoms with Gasteiger partial charge >= 0.3 is 0 Å². The molecular formula is C22H28N4O4. The second-order valence-electron chi connectivity index (χ2n) is 6.95. The number of ether oxygens (including phenoxy) is 1. The molecule has 0 atom stereocenters. The maximum absolute atomic E-state index is 12.2. The van der Waals surface area contributed by atoms with Crippen LogP contribution in [0.5, 0.6) is 0 Å². The molecule has 160 valence electrons. The monoisotopic (exact) mass is 412 g/mol. The molecule has 8 nitrogen and oxygen atoms in total. The molecule has 0 unspecified atom stereocenters. The van der Waals surface area contributed by atoms with Crippen LogP contribution in [-0.2, 0) is 14.3 Å². The number of anilines is 3. The highest BCUT2D eigenvalue weighted by atomic mass is 16.5. The highest BCUT2D eigenvalue weighted by molar-refractivity contribution is 5.96. The Morgan fingerprint density at radius 2 is 1.60 bits per heavy atom. The van der Waals surface area contributed by atoms with Crippen molar-refractivity contribution in [3.05, 3.63) is 54.1 Å². The molecular weight excluding hydrogens is 384 g/mol. The first kappa shape index (κ1) is 22.9. The third-order valence-electron chi connectivity index (χ3n) is 4.13. The Labute approximate surface area is 176 Å². The van der Waals surface area contributed by atoms with Gasteiger partial charge in [-0.2, -0.15) is 0 Å². The number of amides is 3. The van der Waals surface area contributed by atoms with Crippen LogP contribution in [0.2, 0.25) is 0 Å². The maximum Gasteiger partial charge on any atom is 0.251 e. The van der Waals surface area contributed by atoms with Gasteiger partial charge in [-0.05, 0) is 42.5 Å². The van der Waals surface area contributed by atoms with Gasteiger partial charge in [0.2, 0.25) is 11.8 Å². The average Bonchev–Trinajstić information content (AvgIpc) is 2.73. The quantitative estimate of drug-likeness (QED) is 0.449. The number of carbonyl (C=O) groups is 3. The predicted octanol–water partition coefficient (Wildman–Crippen LogP) is 2.71. The van der Waals surface area contributed by atoms with Crippen molar-refractivity contribution < 1.29 is 19.1 Å². The minimum atomic E-state index is -0.233. The highest BCUT2D eigenvalue weighted by Crippen LogP contribution is 2.16. The van der Waals surface area contributed by atoms with E-state index in [2.05, 4.69) is 21.3 Å². The zero-order chi connectivity index (χ0) is 21.9. The largest absolute Gasteiger partial charge is 0.383 e. The number of benzene rings is 2. The molecule has 2 rings (SSSR count). The number of carbonyl (C=O) groups excluding carboxylic acids is 3. The lowest BCUT2D eigenvalue weighted by Gasteiger charge is -2.11. The van der Waals surface area contributed by atoms with Crippen LogP contribution in [0.1, 0.15) is 24.2 Å². The van der Waals surface area contributed by atoms with Gasteiger partial charge in [0.1, 0.15) is 0 Å². The molecule has 3 amide bonds. The van der Waals surface area contributed by atoms with Gasteiger partial charge in [0.15, 0.2) is 0 Å². The number of hydrogen-bond acceptors (Lipinski definition) is 5. The highest BCUT2D eigenvalue weighted by Gasteiger charge is 2.09. The van der Waals surface area contributed by atoms with Crippen LogP contribution in [0, 0.1) is 5.92 Å². The second kappa shape index (κ2) is 11.6. The molecule has 0 spiro atoms. The van der Waals surface area contributed by atoms with E-state index in [0.717, 1.165) is 5.69 Å². The molecule has 0 radical (unpaired) electrons. The van der Waals surface area contributed by atoms with E-state index >= 15 is 0 Å². The number of nitrogens with one attached hydrogen (secondary N) is 4. The van der Waals surface area contributed by atoms with Crippen LogP contribution in [-0.4, -0.2) is 44.5 Å². The maximum atomic E-state index is 12.2. The molecule has 0 aromatic heterocycles. The minimum absolute atomic E-state index is 0.0575. The van der Waals surface area contributed by atoms with Crippen molar-refractivity contribution in [2.24, 2.45) is 5.92 Å². The summed E-state index contributed by atoms with van der Waals surface area (Å²) in [7, 11) is 1.57. The number of methoxy groups -OCH3 is 1. The van der Waals surface area contributed by atoms with E-state index in [1.165, 1.54) is 0 Å². The summed E-state index contributed by atoms with van der Waals surface area (Å²) in [5.41, 5.74) is 2.46. The molecule has 0 aliphatic rings. The topological polar surface area (TPSA) is 109 Å². The van der Waals surface area contributed by atoms with Gasteiger partial charge in [0, 0.05) is 42.2 Å². The average molecular weight is 412 g/mol. The Morgan fingerprint density at radius 1 is 0.933 bits per heavy atom. The van der Waals surface area contributed by atoms with Gasteiger partial charge < -0.3 is 26.0 Å². The molecule has 0 bridgehead atoms. The molecule has 0 heterocycles. The van der Waals surface area contributed by atoms with Gasteiger partial charge in [-0.1, -0.05) is 19.9 Å². The normalized spacial score (nSPS) is 10.4. The standard InChI is InChI=1S/C22H28N4O4/c1-15(2)21(28)26-19-6-4-5-18(13-19)25-20(27)14-24-17-9-7-16(8-10-17)22(29)23-11-12-30-3/h4-10,13,15,24H,11-12,14H2,1-3H3,(H,23,29)(H,25,27)(H,26,28). The SMILES string of the molecule is COCCNC(=O)c1ccc(NCC(=O)Nc2cccc(NC(=O)C(C)C)c2)cc1. The third kappa shape index (κ3) is 7.56.